The molecule has 0 fully saturated rings. The van der Waals surface area contributed by atoms with Crippen LogP contribution in [0.2, 0.25) is 0 Å². The van der Waals surface area contributed by atoms with Crippen molar-refractivity contribution in [3.8, 4) is 6.07 Å². The molecule has 0 unspecified atom stereocenters. The van der Waals surface area contributed by atoms with Crippen molar-refractivity contribution in [3.63, 3.8) is 0 Å². The summed E-state index contributed by atoms with van der Waals surface area (Å²) in [4.78, 5) is 0. The number of rotatable bonds is 3. The van der Waals surface area contributed by atoms with Gasteiger partial charge in [-0.2, -0.15) is 5.26 Å². The van der Waals surface area contributed by atoms with E-state index < -0.39 is 5.82 Å². The first-order chi connectivity index (χ1) is 11.1. The van der Waals surface area contributed by atoms with E-state index in [9.17, 15) is 8.78 Å². The smallest absolute Gasteiger partial charge is 0.141 e. The van der Waals surface area contributed by atoms with Crippen LogP contribution in [-0.2, 0) is 12.8 Å². The fourth-order valence-electron chi connectivity index (χ4n) is 3.07. The second-order valence-corrected chi connectivity index (χ2v) is 5.88. The first kappa shape index (κ1) is 15.4. The Balaban J connectivity index is 2.00. The molecule has 0 amide bonds. The first-order valence-corrected chi connectivity index (χ1v) is 7.84. The average molecular weight is 309 g/mol. The minimum atomic E-state index is -0.525. The number of fused-ring (bicyclic) bond motifs is 1. The van der Waals surface area contributed by atoms with Gasteiger partial charge in [0.1, 0.15) is 17.7 Å². The lowest BCUT2D eigenvalue weighted by Gasteiger charge is -2.18. The van der Waals surface area contributed by atoms with Crippen LogP contribution < -0.4 is 0 Å². The van der Waals surface area contributed by atoms with Crippen molar-refractivity contribution < 1.29 is 8.78 Å². The van der Waals surface area contributed by atoms with E-state index in [1.54, 1.807) is 12.1 Å². The zero-order valence-corrected chi connectivity index (χ0v) is 13.0. The highest BCUT2D eigenvalue weighted by Gasteiger charge is 2.17. The predicted molar refractivity (Wildman–Crippen MR) is 87.7 cm³/mol. The Morgan fingerprint density at radius 3 is 2.61 bits per heavy atom. The van der Waals surface area contributed by atoms with Crippen LogP contribution in [0.3, 0.4) is 0 Å². The molecule has 0 heterocycles. The van der Waals surface area contributed by atoms with Gasteiger partial charge in [0, 0.05) is 5.56 Å². The molecule has 0 spiro atoms. The molecule has 23 heavy (non-hydrogen) atoms. The van der Waals surface area contributed by atoms with Gasteiger partial charge in [-0.15, -0.1) is 0 Å². The summed E-state index contributed by atoms with van der Waals surface area (Å²) >= 11 is 0. The number of hydrogen-bond donors (Lipinski definition) is 0. The van der Waals surface area contributed by atoms with Crippen LogP contribution in [0.25, 0.3) is 11.6 Å². The Labute approximate surface area is 134 Å². The van der Waals surface area contributed by atoms with Crippen LogP contribution in [0.1, 0.15) is 47.6 Å². The van der Waals surface area contributed by atoms with E-state index in [0.29, 0.717) is 18.4 Å². The maximum absolute atomic E-state index is 14.4. The molecule has 116 valence electrons. The third-order valence-corrected chi connectivity index (χ3v) is 4.26. The van der Waals surface area contributed by atoms with Crippen LogP contribution in [0.15, 0.2) is 30.3 Å². The molecule has 0 N–H and O–H groups in total. The highest BCUT2D eigenvalue weighted by atomic mass is 19.1. The second-order valence-electron chi connectivity index (χ2n) is 5.88. The van der Waals surface area contributed by atoms with Gasteiger partial charge in [-0.1, -0.05) is 31.6 Å². The van der Waals surface area contributed by atoms with Crippen LogP contribution in [0.5, 0.6) is 0 Å². The largest absolute Gasteiger partial charge is 0.206 e. The Morgan fingerprint density at radius 1 is 1.09 bits per heavy atom. The van der Waals surface area contributed by atoms with Crippen molar-refractivity contribution in [2.45, 2.75) is 32.6 Å². The second kappa shape index (κ2) is 6.34. The number of benzene rings is 2. The summed E-state index contributed by atoms with van der Waals surface area (Å²) in [6.07, 6.45) is 5.05. The van der Waals surface area contributed by atoms with Gasteiger partial charge in [-0.3, -0.25) is 0 Å². The van der Waals surface area contributed by atoms with Crippen molar-refractivity contribution in [1.82, 2.24) is 0 Å². The molecule has 0 saturated carbocycles. The Kier molecular flexibility index (Phi) is 4.25. The molecule has 3 heteroatoms. The van der Waals surface area contributed by atoms with E-state index in [-0.39, 0.29) is 11.4 Å². The molecule has 2 aromatic rings. The summed E-state index contributed by atoms with van der Waals surface area (Å²) < 4.78 is 28.2. The van der Waals surface area contributed by atoms with Crippen LogP contribution >= 0.6 is 0 Å². The third-order valence-electron chi connectivity index (χ3n) is 4.26. The molecule has 0 aliphatic heterocycles. The molecule has 0 aromatic heterocycles. The van der Waals surface area contributed by atoms with Gasteiger partial charge >= 0.3 is 0 Å². The first-order valence-electron chi connectivity index (χ1n) is 7.84. The van der Waals surface area contributed by atoms with Crippen LogP contribution in [0, 0.1) is 23.0 Å². The molecule has 0 radical (unpaired) electrons. The SMILES string of the molecule is CCCc1ccc(C2=Cc3cc(F)c(C#N)cc3CC2)c(F)c1. The number of nitrogens with zero attached hydrogens (tertiary/aromatic N) is 1. The summed E-state index contributed by atoms with van der Waals surface area (Å²) in [6, 6.07) is 10.2. The predicted octanol–water partition coefficient (Wildman–Crippen LogP) is 5.28. The lowest BCUT2D eigenvalue weighted by atomic mass is 9.87. The van der Waals surface area contributed by atoms with Crippen molar-refractivity contribution in [1.29, 1.82) is 5.26 Å². The number of hydrogen-bond acceptors (Lipinski definition) is 1. The zero-order valence-electron chi connectivity index (χ0n) is 13.0. The van der Waals surface area contributed by atoms with Crippen molar-refractivity contribution in [2.75, 3.05) is 0 Å². The number of aryl methyl sites for hydroxylation is 2. The van der Waals surface area contributed by atoms with Gasteiger partial charge in [-0.25, -0.2) is 8.78 Å². The quantitative estimate of drug-likeness (QED) is 0.757. The third kappa shape index (κ3) is 3.03. The van der Waals surface area contributed by atoms with Gasteiger partial charge in [-0.05, 0) is 59.7 Å². The van der Waals surface area contributed by atoms with Gasteiger partial charge < -0.3 is 0 Å². The summed E-state index contributed by atoms with van der Waals surface area (Å²) in [5, 5.41) is 8.90. The van der Waals surface area contributed by atoms with E-state index in [2.05, 4.69) is 6.92 Å². The van der Waals surface area contributed by atoms with E-state index in [1.807, 2.05) is 24.3 Å². The van der Waals surface area contributed by atoms with E-state index in [0.717, 1.165) is 35.1 Å². The fraction of sp³-hybridized carbons (Fsp3) is 0.250. The topological polar surface area (TPSA) is 23.8 Å². The molecule has 1 aliphatic rings. The minimum Gasteiger partial charge on any atom is -0.206 e. The average Bonchev–Trinajstić information content (AvgIpc) is 2.54. The van der Waals surface area contributed by atoms with Gasteiger partial charge in [0.05, 0.1) is 5.56 Å². The summed E-state index contributed by atoms with van der Waals surface area (Å²) in [5.74, 6) is -0.748. The number of nitriles is 1. The summed E-state index contributed by atoms with van der Waals surface area (Å²) in [5.41, 5.74) is 4.20. The molecule has 0 atom stereocenters. The summed E-state index contributed by atoms with van der Waals surface area (Å²) in [6.45, 7) is 2.07. The standard InChI is InChI=1S/C20H17F2N/c1-2-3-13-4-7-18(20(22)8-13)15-6-5-14-9-17(12-23)19(21)11-16(14)10-15/h4,7-11H,2-3,5-6H2,1H3. The van der Waals surface area contributed by atoms with Gasteiger partial charge in [0.2, 0.25) is 0 Å². The number of allylic oxidation sites excluding steroid dienone is 1. The molecule has 1 nitrogen and oxygen atoms in total. The molecule has 1 aliphatic carbocycles. The van der Waals surface area contributed by atoms with Crippen LogP contribution in [0.4, 0.5) is 8.78 Å². The molecule has 2 aromatic carbocycles. The number of halogens is 2. The van der Waals surface area contributed by atoms with Crippen molar-refractivity contribution in [3.05, 3.63) is 69.8 Å². The van der Waals surface area contributed by atoms with Gasteiger partial charge in [0.15, 0.2) is 0 Å². The monoisotopic (exact) mass is 309 g/mol. The minimum absolute atomic E-state index is 0.0655. The van der Waals surface area contributed by atoms with Crippen LogP contribution in [-0.4, -0.2) is 0 Å². The Bertz CT molecular complexity index is 828. The maximum Gasteiger partial charge on any atom is 0.141 e. The fourth-order valence-corrected chi connectivity index (χ4v) is 3.07. The highest BCUT2D eigenvalue weighted by molar-refractivity contribution is 5.84. The molecular formula is C20H17F2N. The van der Waals surface area contributed by atoms with E-state index >= 15 is 0 Å². The lowest BCUT2D eigenvalue weighted by Crippen LogP contribution is -2.03. The Hall–Kier alpha value is -2.47. The summed E-state index contributed by atoms with van der Waals surface area (Å²) in [7, 11) is 0. The molecule has 0 bridgehead atoms. The lowest BCUT2D eigenvalue weighted by molar-refractivity contribution is 0.619. The normalized spacial score (nSPS) is 13.2. The highest BCUT2D eigenvalue weighted by Crippen LogP contribution is 2.33. The molecule has 0 saturated heterocycles. The molecular weight excluding hydrogens is 292 g/mol. The van der Waals surface area contributed by atoms with E-state index in [1.165, 1.54) is 6.07 Å². The van der Waals surface area contributed by atoms with E-state index in [4.69, 9.17) is 5.26 Å². The zero-order chi connectivity index (χ0) is 16.4. The van der Waals surface area contributed by atoms with Crippen molar-refractivity contribution in [2.24, 2.45) is 0 Å². The van der Waals surface area contributed by atoms with Crippen molar-refractivity contribution >= 4 is 11.6 Å². The molecule has 3 rings (SSSR count). The maximum atomic E-state index is 14.4. The van der Waals surface area contributed by atoms with Gasteiger partial charge in [0.25, 0.3) is 0 Å². The Morgan fingerprint density at radius 2 is 1.91 bits per heavy atom.